The van der Waals surface area contributed by atoms with Crippen molar-refractivity contribution in [2.75, 3.05) is 13.1 Å². The molecule has 1 heterocycles. The summed E-state index contributed by atoms with van der Waals surface area (Å²) in [6, 6.07) is 10.2. The molecule has 1 aromatic rings. The second kappa shape index (κ2) is 10.2. The lowest BCUT2D eigenvalue weighted by molar-refractivity contribution is -0.135. The standard InChI is InChI=1S/C19H27NO2.CH2O2/c21-18-14-20(19(22)11-10-15-6-4-5-7-15)13-12-17(18)16-8-2-1-3-9-16;2-1-3/h1-3,8-9,15,17-18,21H,4-7,10-14H2;1H,(H,2,3)/t17-,18+;/m0./s1. The van der Waals surface area contributed by atoms with Crippen LogP contribution in [0.4, 0.5) is 0 Å². The average molecular weight is 347 g/mol. The zero-order chi connectivity index (χ0) is 18.1. The number of amides is 1. The summed E-state index contributed by atoms with van der Waals surface area (Å²) in [6.07, 6.45) is 7.38. The van der Waals surface area contributed by atoms with Gasteiger partial charge in [-0.15, -0.1) is 0 Å². The van der Waals surface area contributed by atoms with E-state index in [1.165, 1.54) is 31.2 Å². The van der Waals surface area contributed by atoms with Crippen LogP contribution < -0.4 is 0 Å². The van der Waals surface area contributed by atoms with E-state index in [0.29, 0.717) is 13.0 Å². The fourth-order valence-corrected chi connectivity index (χ4v) is 4.03. The quantitative estimate of drug-likeness (QED) is 0.821. The molecule has 1 aliphatic carbocycles. The number of aliphatic hydroxyl groups is 1. The number of likely N-dealkylation sites (tertiary alicyclic amines) is 1. The molecule has 0 spiro atoms. The molecule has 3 rings (SSSR count). The maximum atomic E-state index is 12.4. The van der Waals surface area contributed by atoms with Gasteiger partial charge in [-0.1, -0.05) is 56.0 Å². The van der Waals surface area contributed by atoms with Crippen molar-refractivity contribution in [2.45, 2.75) is 57.0 Å². The topological polar surface area (TPSA) is 77.8 Å². The molecule has 2 N–H and O–H groups in total. The van der Waals surface area contributed by atoms with Crippen molar-refractivity contribution in [3.8, 4) is 0 Å². The highest BCUT2D eigenvalue weighted by Crippen LogP contribution is 2.31. The van der Waals surface area contributed by atoms with Crippen LogP contribution in [-0.4, -0.2) is 46.7 Å². The van der Waals surface area contributed by atoms with Crippen molar-refractivity contribution in [1.82, 2.24) is 4.90 Å². The number of β-amino-alcohol motifs (C(OH)–C–C–N with tert-alkyl or cyclic N) is 1. The Morgan fingerprint density at radius 1 is 1.16 bits per heavy atom. The summed E-state index contributed by atoms with van der Waals surface area (Å²) in [4.78, 5) is 22.6. The lowest BCUT2D eigenvalue weighted by Gasteiger charge is -2.36. The molecule has 0 aromatic heterocycles. The minimum Gasteiger partial charge on any atom is -0.483 e. The van der Waals surface area contributed by atoms with Crippen LogP contribution in [0.3, 0.4) is 0 Å². The Balaban J connectivity index is 0.000000701. The van der Waals surface area contributed by atoms with Crippen LogP contribution in [0.15, 0.2) is 30.3 Å². The number of hydrogen-bond donors (Lipinski definition) is 2. The molecule has 5 nitrogen and oxygen atoms in total. The molecule has 2 fully saturated rings. The maximum Gasteiger partial charge on any atom is 0.290 e. The third-order valence-electron chi connectivity index (χ3n) is 5.40. The largest absolute Gasteiger partial charge is 0.483 e. The van der Waals surface area contributed by atoms with E-state index in [1.54, 1.807) is 0 Å². The third kappa shape index (κ3) is 5.85. The van der Waals surface area contributed by atoms with Gasteiger partial charge >= 0.3 is 0 Å². The van der Waals surface area contributed by atoms with Crippen molar-refractivity contribution >= 4 is 12.4 Å². The van der Waals surface area contributed by atoms with Gasteiger partial charge in [0.25, 0.3) is 6.47 Å². The van der Waals surface area contributed by atoms with E-state index in [9.17, 15) is 9.90 Å². The molecule has 25 heavy (non-hydrogen) atoms. The minimum atomic E-state index is -0.438. The SMILES string of the molecule is O=C(CCC1CCCC1)N1CC[C@@H](c2ccccc2)[C@H](O)C1.O=CO. The molecule has 0 unspecified atom stereocenters. The molecule has 0 radical (unpaired) electrons. The number of benzene rings is 1. The van der Waals surface area contributed by atoms with E-state index in [4.69, 9.17) is 9.90 Å². The summed E-state index contributed by atoms with van der Waals surface area (Å²) < 4.78 is 0. The highest BCUT2D eigenvalue weighted by molar-refractivity contribution is 5.76. The third-order valence-corrected chi connectivity index (χ3v) is 5.40. The van der Waals surface area contributed by atoms with Crippen molar-refractivity contribution < 1.29 is 19.8 Å². The second-order valence-corrected chi connectivity index (χ2v) is 7.01. The highest BCUT2D eigenvalue weighted by Gasteiger charge is 2.31. The zero-order valence-electron chi connectivity index (χ0n) is 14.7. The van der Waals surface area contributed by atoms with E-state index in [-0.39, 0.29) is 18.3 Å². The molecule has 138 valence electrons. The van der Waals surface area contributed by atoms with Crippen LogP contribution in [0.5, 0.6) is 0 Å². The normalized spacial score (nSPS) is 23.6. The monoisotopic (exact) mass is 347 g/mol. The van der Waals surface area contributed by atoms with Gasteiger partial charge in [-0.25, -0.2) is 0 Å². The molecule has 1 aliphatic heterocycles. The number of hydrogen-bond acceptors (Lipinski definition) is 3. The van der Waals surface area contributed by atoms with Gasteiger partial charge in [0.1, 0.15) is 0 Å². The Labute approximate surface area is 149 Å². The van der Waals surface area contributed by atoms with Gasteiger partial charge in [-0.05, 0) is 24.3 Å². The molecule has 2 aliphatic rings. The van der Waals surface area contributed by atoms with Gasteiger partial charge in [0, 0.05) is 25.4 Å². The van der Waals surface area contributed by atoms with Gasteiger partial charge in [-0.2, -0.15) is 0 Å². The van der Waals surface area contributed by atoms with E-state index in [1.807, 2.05) is 23.1 Å². The average Bonchev–Trinajstić information content (AvgIpc) is 3.14. The molecule has 0 bridgehead atoms. The zero-order valence-corrected chi connectivity index (χ0v) is 14.7. The summed E-state index contributed by atoms with van der Waals surface area (Å²) >= 11 is 0. The molecule has 1 aromatic carbocycles. The van der Waals surface area contributed by atoms with Gasteiger partial charge in [0.15, 0.2) is 0 Å². The summed E-state index contributed by atoms with van der Waals surface area (Å²) in [5.74, 6) is 1.16. The fourth-order valence-electron chi connectivity index (χ4n) is 4.03. The molecule has 5 heteroatoms. The first-order chi connectivity index (χ1) is 12.2. The van der Waals surface area contributed by atoms with Gasteiger partial charge in [0.05, 0.1) is 6.10 Å². The Morgan fingerprint density at radius 2 is 1.80 bits per heavy atom. The van der Waals surface area contributed by atoms with E-state index in [2.05, 4.69) is 12.1 Å². The molecular formula is C20H29NO4. The maximum absolute atomic E-state index is 12.4. The predicted octanol–water partition coefficient (Wildman–Crippen LogP) is 3.03. The van der Waals surface area contributed by atoms with Crippen LogP contribution >= 0.6 is 0 Å². The lowest BCUT2D eigenvalue weighted by Crippen LogP contribution is -2.45. The number of aliphatic hydroxyl groups excluding tert-OH is 1. The predicted molar refractivity (Wildman–Crippen MR) is 96.3 cm³/mol. The molecule has 1 saturated heterocycles. The van der Waals surface area contributed by atoms with Crippen molar-refractivity contribution in [3.63, 3.8) is 0 Å². The number of nitrogens with zero attached hydrogens (tertiary/aromatic N) is 1. The molecular weight excluding hydrogens is 318 g/mol. The van der Waals surface area contributed by atoms with Gasteiger partial charge in [0.2, 0.25) is 5.91 Å². The van der Waals surface area contributed by atoms with E-state index >= 15 is 0 Å². The summed E-state index contributed by atoms with van der Waals surface area (Å²) in [7, 11) is 0. The number of carboxylic acid groups (broad SMARTS) is 1. The summed E-state index contributed by atoms with van der Waals surface area (Å²) in [5, 5.41) is 17.3. The number of rotatable bonds is 4. The molecule has 2 atom stereocenters. The van der Waals surface area contributed by atoms with Crippen molar-refractivity contribution in [3.05, 3.63) is 35.9 Å². The Hall–Kier alpha value is -1.88. The van der Waals surface area contributed by atoms with E-state index in [0.717, 1.165) is 25.3 Å². The smallest absolute Gasteiger partial charge is 0.290 e. The van der Waals surface area contributed by atoms with Crippen LogP contribution in [0, 0.1) is 5.92 Å². The van der Waals surface area contributed by atoms with Crippen LogP contribution in [-0.2, 0) is 9.59 Å². The fraction of sp³-hybridized carbons (Fsp3) is 0.600. The number of carbonyl (C=O) groups is 2. The van der Waals surface area contributed by atoms with Gasteiger partial charge < -0.3 is 15.1 Å². The first-order valence-corrected chi connectivity index (χ1v) is 9.24. The first-order valence-electron chi connectivity index (χ1n) is 9.24. The Morgan fingerprint density at radius 3 is 2.40 bits per heavy atom. The Bertz CT molecular complexity index is 528. The first kappa shape index (κ1) is 19.4. The van der Waals surface area contributed by atoms with Crippen LogP contribution in [0.25, 0.3) is 0 Å². The summed E-state index contributed by atoms with van der Waals surface area (Å²) in [6.45, 7) is 1.02. The summed E-state index contributed by atoms with van der Waals surface area (Å²) in [5.41, 5.74) is 1.19. The Kier molecular flexibility index (Phi) is 7.92. The molecule has 1 saturated carbocycles. The number of piperidine rings is 1. The van der Waals surface area contributed by atoms with Crippen molar-refractivity contribution in [2.24, 2.45) is 5.92 Å². The van der Waals surface area contributed by atoms with Gasteiger partial charge in [-0.3, -0.25) is 9.59 Å². The molecule has 1 amide bonds. The highest BCUT2D eigenvalue weighted by atomic mass is 16.3. The minimum absolute atomic E-state index is 0.167. The lowest BCUT2D eigenvalue weighted by atomic mass is 9.87. The van der Waals surface area contributed by atoms with Crippen LogP contribution in [0.1, 0.15) is 56.4 Å². The van der Waals surface area contributed by atoms with Crippen LogP contribution in [0.2, 0.25) is 0 Å². The number of carbonyl (C=O) groups excluding carboxylic acids is 1. The van der Waals surface area contributed by atoms with Crippen molar-refractivity contribution in [1.29, 1.82) is 0 Å². The van der Waals surface area contributed by atoms with E-state index < -0.39 is 6.10 Å². The second-order valence-electron chi connectivity index (χ2n) is 7.01.